The molecule has 2 rings (SSSR count). The first kappa shape index (κ1) is 20.6. The van der Waals surface area contributed by atoms with Gasteiger partial charge in [0.2, 0.25) is 15.9 Å². The van der Waals surface area contributed by atoms with Crippen LogP contribution >= 0.6 is 23.2 Å². The molecule has 0 heterocycles. The lowest BCUT2D eigenvalue weighted by Crippen LogP contribution is -2.45. The average Bonchev–Trinajstić information content (AvgIpc) is 2.57. The van der Waals surface area contributed by atoms with E-state index in [2.05, 4.69) is 5.32 Å². The Morgan fingerprint density at radius 1 is 1.19 bits per heavy atom. The van der Waals surface area contributed by atoms with Crippen LogP contribution in [0.3, 0.4) is 0 Å². The van der Waals surface area contributed by atoms with E-state index in [-0.39, 0.29) is 10.7 Å². The molecule has 0 saturated heterocycles. The Bertz CT molecular complexity index is 916. The van der Waals surface area contributed by atoms with Crippen LogP contribution in [0.15, 0.2) is 42.5 Å². The van der Waals surface area contributed by atoms with Crippen LogP contribution in [0.2, 0.25) is 10.0 Å². The summed E-state index contributed by atoms with van der Waals surface area (Å²) in [6.45, 7) is 3.48. The van der Waals surface area contributed by atoms with Crippen molar-refractivity contribution in [2.75, 3.05) is 15.9 Å². The monoisotopic (exact) mass is 414 g/mol. The summed E-state index contributed by atoms with van der Waals surface area (Å²) in [7, 11) is -3.78. The van der Waals surface area contributed by atoms with E-state index in [9.17, 15) is 13.2 Å². The number of rotatable bonds is 6. The molecule has 2 aromatic carbocycles. The molecule has 0 aliphatic rings. The van der Waals surface area contributed by atoms with Crippen LogP contribution < -0.4 is 9.62 Å². The third kappa shape index (κ3) is 4.69. The van der Waals surface area contributed by atoms with Gasteiger partial charge >= 0.3 is 0 Å². The number of carbonyl (C=O) groups excluding carboxylic acids is 1. The molecule has 5 nitrogen and oxygen atoms in total. The van der Waals surface area contributed by atoms with E-state index in [1.165, 1.54) is 19.1 Å². The first-order chi connectivity index (χ1) is 12.1. The molecule has 0 bridgehead atoms. The van der Waals surface area contributed by atoms with Crippen molar-refractivity contribution in [3.05, 3.63) is 58.1 Å². The highest BCUT2D eigenvalue weighted by Crippen LogP contribution is 2.32. The minimum absolute atomic E-state index is 0.160. The van der Waals surface area contributed by atoms with Crippen LogP contribution in [0.25, 0.3) is 0 Å². The summed E-state index contributed by atoms with van der Waals surface area (Å²) in [4.78, 5) is 12.7. The van der Waals surface area contributed by atoms with Gasteiger partial charge in [-0.15, -0.1) is 0 Å². The Morgan fingerprint density at radius 2 is 1.85 bits per heavy atom. The van der Waals surface area contributed by atoms with Gasteiger partial charge in [-0.1, -0.05) is 48.3 Å². The molecule has 1 amide bonds. The second-order valence-electron chi connectivity index (χ2n) is 5.83. The fourth-order valence-electron chi connectivity index (χ4n) is 2.62. The van der Waals surface area contributed by atoms with E-state index < -0.39 is 22.0 Å². The second-order valence-corrected chi connectivity index (χ2v) is 8.53. The van der Waals surface area contributed by atoms with Crippen molar-refractivity contribution >= 4 is 50.5 Å². The molecule has 2 aromatic rings. The highest BCUT2D eigenvalue weighted by atomic mass is 35.5. The van der Waals surface area contributed by atoms with E-state index in [1.54, 1.807) is 12.1 Å². The predicted octanol–water partition coefficient (Wildman–Crippen LogP) is 4.35. The zero-order chi connectivity index (χ0) is 19.5. The standard InChI is InChI=1S/C18H20Cl2N2O3S/c1-4-13-7-5-6-8-16(13)21-18(23)12(2)22(26(3,24)25)17-11-14(19)9-10-15(17)20/h5-12H,4H2,1-3H3,(H,21,23)/t12-/m1/s1. The second kappa shape index (κ2) is 8.29. The fourth-order valence-corrected chi connectivity index (χ4v) is 4.23. The van der Waals surface area contributed by atoms with Crippen molar-refractivity contribution in [2.45, 2.75) is 26.3 Å². The molecule has 0 aromatic heterocycles. The van der Waals surface area contributed by atoms with Crippen molar-refractivity contribution in [1.82, 2.24) is 0 Å². The Hall–Kier alpha value is -1.76. The SMILES string of the molecule is CCc1ccccc1NC(=O)[C@@H](C)N(c1cc(Cl)ccc1Cl)S(C)(=O)=O. The first-order valence-electron chi connectivity index (χ1n) is 7.98. The number of halogens is 2. The van der Waals surface area contributed by atoms with Crippen molar-refractivity contribution < 1.29 is 13.2 Å². The normalized spacial score (nSPS) is 12.5. The lowest BCUT2D eigenvalue weighted by atomic mass is 10.1. The molecule has 140 valence electrons. The quantitative estimate of drug-likeness (QED) is 0.763. The van der Waals surface area contributed by atoms with Gasteiger partial charge in [0.1, 0.15) is 6.04 Å². The molecular formula is C18H20Cl2N2O3S. The Labute approximate surface area is 164 Å². The van der Waals surface area contributed by atoms with Gasteiger partial charge in [-0.25, -0.2) is 8.42 Å². The number of amides is 1. The smallest absolute Gasteiger partial charge is 0.248 e. The number of anilines is 2. The topological polar surface area (TPSA) is 66.5 Å². The molecule has 0 aliphatic carbocycles. The summed E-state index contributed by atoms with van der Waals surface area (Å²) < 4.78 is 25.7. The van der Waals surface area contributed by atoms with Crippen LogP contribution in [0.1, 0.15) is 19.4 Å². The van der Waals surface area contributed by atoms with E-state index >= 15 is 0 Å². The predicted molar refractivity (Wildman–Crippen MR) is 108 cm³/mol. The minimum atomic E-state index is -3.78. The third-order valence-corrected chi connectivity index (χ3v) is 5.67. The van der Waals surface area contributed by atoms with E-state index in [1.807, 2.05) is 25.1 Å². The summed E-state index contributed by atoms with van der Waals surface area (Å²) in [5.74, 6) is -0.465. The van der Waals surface area contributed by atoms with Gasteiger partial charge in [-0.05, 0) is 43.2 Å². The summed E-state index contributed by atoms with van der Waals surface area (Å²) in [5, 5.41) is 3.31. The summed E-state index contributed by atoms with van der Waals surface area (Å²) in [6.07, 6.45) is 1.76. The van der Waals surface area contributed by atoms with Crippen LogP contribution in [0, 0.1) is 0 Å². The van der Waals surface area contributed by atoms with Gasteiger partial charge in [0.15, 0.2) is 0 Å². The zero-order valence-corrected chi connectivity index (χ0v) is 17.0. The highest BCUT2D eigenvalue weighted by Gasteiger charge is 2.31. The van der Waals surface area contributed by atoms with E-state index in [0.717, 1.165) is 22.5 Å². The molecular weight excluding hydrogens is 395 g/mol. The number of hydrogen-bond donors (Lipinski definition) is 1. The zero-order valence-electron chi connectivity index (χ0n) is 14.7. The minimum Gasteiger partial charge on any atom is -0.324 e. The molecule has 8 heteroatoms. The number of para-hydroxylation sites is 1. The van der Waals surface area contributed by atoms with Crippen LogP contribution in [0.5, 0.6) is 0 Å². The van der Waals surface area contributed by atoms with E-state index in [0.29, 0.717) is 10.7 Å². The Balaban J connectivity index is 2.40. The lowest BCUT2D eigenvalue weighted by Gasteiger charge is -2.29. The number of sulfonamides is 1. The first-order valence-corrected chi connectivity index (χ1v) is 10.6. The van der Waals surface area contributed by atoms with Crippen molar-refractivity contribution in [3.8, 4) is 0 Å². The summed E-state index contributed by atoms with van der Waals surface area (Å²) >= 11 is 12.1. The number of aryl methyl sites for hydroxylation is 1. The number of hydrogen-bond acceptors (Lipinski definition) is 3. The van der Waals surface area contributed by atoms with E-state index in [4.69, 9.17) is 23.2 Å². The maximum Gasteiger partial charge on any atom is 0.248 e. The maximum absolute atomic E-state index is 12.7. The molecule has 0 radical (unpaired) electrons. The van der Waals surface area contributed by atoms with Gasteiger partial charge in [0.05, 0.1) is 17.0 Å². The number of carbonyl (C=O) groups is 1. The molecule has 1 atom stereocenters. The summed E-state index contributed by atoms with van der Waals surface area (Å²) in [6, 6.07) is 10.8. The average molecular weight is 415 g/mol. The van der Waals surface area contributed by atoms with Gasteiger partial charge in [-0.3, -0.25) is 9.10 Å². The summed E-state index contributed by atoms with van der Waals surface area (Å²) in [5.41, 5.74) is 1.77. The number of nitrogens with zero attached hydrogens (tertiary/aromatic N) is 1. The van der Waals surface area contributed by atoms with Gasteiger partial charge in [-0.2, -0.15) is 0 Å². The molecule has 0 spiro atoms. The van der Waals surface area contributed by atoms with Crippen LogP contribution in [-0.4, -0.2) is 26.6 Å². The molecule has 1 N–H and O–H groups in total. The van der Waals surface area contributed by atoms with Gasteiger partial charge in [0.25, 0.3) is 0 Å². The molecule has 26 heavy (non-hydrogen) atoms. The lowest BCUT2D eigenvalue weighted by molar-refractivity contribution is -0.116. The molecule has 0 unspecified atom stereocenters. The fraction of sp³-hybridized carbons (Fsp3) is 0.278. The Morgan fingerprint density at radius 3 is 2.46 bits per heavy atom. The van der Waals surface area contributed by atoms with Gasteiger partial charge in [0, 0.05) is 10.7 Å². The van der Waals surface area contributed by atoms with Crippen molar-refractivity contribution in [3.63, 3.8) is 0 Å². The maximum atomic E-state index is 12.7. The number of benzene rings is 2. The molecule has 0 saturated carbocycles. The van der Waals surface area contributed by atoms with Crippen molar-refractivity contribution in [1.29, 1.82) is 0 Å². The highest BCUT2D eigenvalue weighted by molar-refractivity contribution is 7.92. The molecule has 0 fully saturated rings. The van der Waals surface area contributed by atoms with Crippen LogP contribution in [-0.2, 0) is 21.2 Å². The van der Waals surface area contributed by atoms with Crippen molar-refractivity contribution in [2.24, 2.45) is 0 Å². The third-order valence-electron chi connectivity index (χ3n) is 3.89. The van der Waals surface area contributed by atoms with Gasteiger partial charge < -0.3 is 5.32 Å². The molecule has 0 aliphatic heterocycles. The van der Waals surface area contributed by atoms with Crippen LogP contribution in [0.4, 0.5) is 11.4 Å². The largest absolute Gasteiger partial charge is 0.324 e. The number of nitrogens with one attached hydrogen (secondary N) is 1. The Kier molecular flexibility index (Phi) is 6.55.